The molecule has 1 N–H and O–H groups in total. The van der Waals surface area contributed by atoms with Crippen LogP contribution in [0.2, 0.25) is 0 Å². The van der Waals surface area contributed by atoms with Crippen molar-refractivity contribution in [1.82, 2.24) is 25.1 Å². The zero-order chi connectivity index (χ0) is 11.8. The molecule has 1 saturated heterocycles. The molecule has 1 aliphatic heterocycles. The number of nitrogens with one attached hydrogen (secondary N) is 1. The van der Waals surface area contributed by atoms with Crippen LogP contribution in [0, 0.1) is 6.92 Å². The van der Waals surface area contributed by atoms with Crippen LogP contribution < -0.4 is 5.32 Å². The summed E-state index contributed by atoms with van der Waals surface area (Å²) in [6.07, 6.45) is 3.58. The van der Waals surface area contributed by atoms with Crippen LogP contribution in [-0.4, -0.2) is 32.8 Å². The summed E-state index contributed by atoms with van der Waals surface area (Å²) < 4.78 is 3.13. The van der Waals surface area contributed by atoms with E-state index in [4.69, 9.17) is 0 Å². The Morgan fingerprint density at radius 1 is 1.35 bits per heavy atom. The highest BCUT2D eigenvalue weighted by molar-refractivity contribution is 9.10. The molecule has 0 atom stereocenters. The summed E-state index contributed by atoms with van der Waals surface area (Å²) in [5.74, 6) is 1.84. The van der Waals surface area contributed by atoms with Gasteiger partial charge < -0.3 is 9.88 Å². The number of hydrogen-bond acceptors (Lipinski definition) is 4. The fourth-order valence-electron chi connectivity index (χ4n) is 1.99. The minimum Gasteiger partial charge on any atom is -0.313 e. The summed E-state index contributed by atoms with van der Waals surface area (Å²) in [5, 5.41) is 11.7. The first-order chi connectivity index (χ1) is 8.25. The second-order valence-corrected chi connectivity index (χ2v) is 5.06. The molecule has 3 rings (SSSR count). The van der Waals surface area contributed by atoms with E-state index in [1.54, 1.807) is 6.20 Å². The Kier molecular flexibility index (Phi) is 2.68. The standard InChI is InChI=1S/C11H12BrN5/c1-7-15-16-11(17(7)10-5-14-6-10)8-2-9(12)4-13-3-8/h2-4,10,14H,5-6H2,1H3. The van der Waals surface area contributed by atoms with E-state index < -0.39 is 0 Å². The van der Waals surface area contributed by atoms with E-state index in [2.05, 4.69) is 41.0 Å². The maximum absolute atomic E-state index is 4.25. The van der Waals surface area contributed by atoms with Crippen LogP contribution >= 0.6 is 15.9 Å². The lowest BCUT2D eigenvalue weighted by Crippen LogP contribution is -2.44. The zero-order valence-electron chi connectivity index (χ0n) is 9.39. The second-order valence-electron chi connectivity index (χ2n) is 4.14. The van der Waals surface area contributed by atoms with E-state index in [-0.39, 0.29) is 0 Å². The van der Waals surface area contributed by atoms with E-state index in [9.17, 15) is 0 Å². The van der Waals surface area contributed by atoms with Gasteiger partial charge in [-0.2, -0.15) is 0 Å². The quantitative estimate of drug-likeness (QED) is 0.913. The van der Waals surface area contributed by atoms with E-state index in [0.717, 1.165) is 34.8 Å². The molecule has 0 radical (unpaired) electrons. The fourth-order valence-corrected chi connectivity index (χ4v) is 2.36. The van der Waals surface area contributed by atoms with Crippen molar-refractivity contribution in [2.75, 3.05) is 13.1 Å². The van der Waals surface area contributed by atoms with Crippen LogP contribution in [-0.2, 0) is 0 Å². The molecule has 3 heterocycles. The first-order valence-electron chi connectivity index (χ1n) is 5.49. The van der Waals surface area contributed by atoms with E-state index in [0.29, 0.717) is 6.04 Å². The molecule has 0 amide bonds. The molecular formula is C11H12BrN5. The smallest absolute Gasteiger partial charge is 0.165 e. The van der Waals surface area contributed by atoms with Gasteiger partial charge >= 0.3 is 0 Å². The first-order valence-corrected chi connectivity index (χ1v) is 6.28. The predicted molar refractivity (Wildman–Crippen MR) is 67.6 cm³/mol. The number of hydrogen-bond donors (Lipinski definition) is 1. The van der Waals surface area contributed by atoms with Crippen LogP contribution in [0.5, 0.6) is 0 Å². The van der Waals surface area contributed by atoms with Gasteiger partial charge in [0, 0.05) is 35.5 Å². The van der Waals surface area contributed by atoms with Gasteiger partial charge in [0.05, 0.1) is 6.04 Å². The Morgan fingerprint density at radius 2 is 2.18 bits per heavy atom. The predicted octanol–water partition coefficient (Wildman–Crippen LogP) is 1.56. The largest absolute Gasteiger partial charge is 0.313 e. The molecule has 0 bridgehead atoms. The van der Waals surface area contributed by atoms with Gasteiger partial charge in [-0.15, -0.1) is 10.2 Å². The third kappa shape index (κ3) is 1.87. The molecule has 2 aromatic heterocycles. The molecule has 6 heteroatoms. The lowest BCUT2D eigenvalue weighted by Gasteiger charge is -2.30. The van der Waals surface area contributed by atoms with Crippen LogP contribution in [0.15, 0.2) is 22.9 Å². The summed E-state index contributed by atoms with van der Waals surface area (Å²) in [6, 6.07) is 2.47. The van der Waals surface area contributed by atoms with Crippen LogP contribution in [0.3, 0.4) is 0 Å². The summed E-state index contributed by atoms with van der Waals surface area (Å²) in [6.45, 7) is 3.95. The lowest BCUT2D eigenvalue weighted by molar-refractivity contribution is 0.340. The number of rotatable bonds is 2. The fraction of sp³-hybridized carbons (Fsp3) is 0.364. The minimum absolute atomic E-state index is 0.457. The Morgan fingerprint density at radius 3 is 2.82 bits per heavy atom. The highest BCUT2D eigenvalue weighted by Crippen LogP contribution is 2.25. The molecule has 0 unspecified atom stereocenters. The maximum Gasteiger partial charge on any atom is 0.165 e. The van der Waals surface area contributed by atoms with Gasteiger partial charge in [0.25, 0.3) is 0 Å². The Bertz CT molecular complexity index is 547. The van der Waals surface area contributed by atoms with E-state index in [1.165, 1.54) is 0 Å². The van der Waals surface area contributed by atoms with Crippen molar-refractivity contribution in [3.05, 3.63) is 28.8 Å². The highest BCUT2D eigenvalue weighted by atomic mass is 79.9. The van der Waals surface area contributed by atoms with Crippen molar-refractivity contribution in [3.8, 4) is 11.4 Å². The lowest BCUT2D eigenvalue weighted by atomic mass is 10.1. The van der Waals surface area contributed by atoms with E-state index >= 15 is 0 Å². The third-order valence-corrected chi connectivity index (χ3v) is 3.39. The third-order valence-electron chi connectivity index (χ3n) is 2.95. The average molecular weight is 294 g/mol. The van der Waals surface area contributed by atoms with Crippen molar-refractivity contribution < 1.29 is 0 Å². The van der Waals surface area contributed by atoms with Crippen molar-refractivity contribution in [2.24, 2.45) is 0 Å². The first kappa shape index (κ1) is 10.9. The van der Waals surface area contributed by atoms with E-state index in [1.807, 2.05) is 19.2 Å². The molecule has 0 spiro atoms. The molecule has 88 valence electrons. The molecular weight excluding hydrogens is 282 g/mol. The van der Waals surface area contributed by atoms with Gasteiger partial charge in [-0.05, 0) is 28.9 Å². The maximum atomic E-state index is 4.25. The molecule has 0 aliphatic carbocycles. The monoisotopic (exact) mass is 293 g/mol. The molecule has 5 nitrogen and oxygen atoms in total. The van der Waals surface area contributed by atoms with Crippen LogP contribution in [0.1, 0.15) is 11.9 Å². The number of halogens is 1. The highest BCUT2D eigenvalue weighted by Gasteiger charge is 2.24. The summed E-state index contributed by atoms with van der Waals surface area (Å²) in [4.78, 5) is 4.17. The molecule has 0 saturated carbocycles. The number of pyridine rings is 1. The topological polar surface area (TPSA) is 55.6 Å². The van der Waals surface area contributed by atoms with Crippen molar-refractivity contribution >= 4 is 15.9 Å². The van der Waals surface area contributed by atoms with Gasteiger partial charge in [0.2, 0.25) is 0 Å². The summed E-state index contributed by atoms with van der Waals surface area (Å²) in [7, 11) is 0. The second kappa shape index (κ2) is 4.19. The minimum atomic E-state index is 0.457. The van der Waals surface area contributed by atoms with Crippen LogP contribution in [0.25, 0.3) is 11.4 Å². The van der Waals surface area contributed by atoms with Gasteiger partial charge in [0.15, 0.2) is 5.82 Å². The summed E-state index contributed by atoms with van der Waals surface area (Å²) >= 11 is 3.43. The van der Waals surface area contributed by atoms with Gasteiger partial charge in [0.1, 0.15) is 5.82 Å². The van der Waals surface area contributed by atoms with Crippen molar-refractivity contribution in [3.63, 3.8) is 0 Å². The molecule has 1 aliphatic rings. The number of aromatic nitrogens is 4. The molecule has 1 fully saturated rings. The van der Waals surface area contributed by atoms with Crippen molar-refractivity contribution in [2.45, 2.75) is 13.0 Å². The van der Waals surface area contributed by atoms with Gasteiger partial charge in [-0.3, -0.25) is 4.98 Å². The molecule has 0 aromatic carbocycles. The van der Waals surface area contributed by atoms with Crippen LogP contribution in [0.4, 0.5) is 0 Å². The Labute approximate surface area is 107 Å². The number of aryl methyl sites for hydroxylation is 1. The average Bonchev–Trinajstić information content (AvgIpc) is 2.59. The molecule has 2 aromatic rings. The summed E-state index contributed by atoms with van der Waals surface area (Å²) in [5.41, 5.74) is 0.992. The SMILES string of the molecule is Cc1nnc(-c2cncc(Br)c2)n1C1CNC1. The Hall–Kier alpha value is -1.27. The zero-order valence-corrected chi connectivity index (χ0v) is 11.0. The van der Waals surface area contributed by atoms with Gasteiger partial charge in [-0.1, -0.05) is 0 Å². The normalized spacial score (nSPS) is 15.9. The molecule has 17 heavy (non-hydrogen) atoms. The number of nitrogens with zero attached hydrogens (tertiary/aromatic N) is 4. The Balaban J connectivity index is 2.08. The van der Waals surface area contributed by atoms with Gasteiger partial charge in [-0.25, -0.2) is 0 Å². The van der Waals surface area contributed by atoms with Crippen molar-refractivity contribution in [1.29, 1.82) is 0 Å².